The molecular weight excluding hydrogens is 417 g/mol. The molecule has 0 amide bonds. The molecule has 3 unspecified atom stereocenters. The van der Waals surface area contributed by atoms with Crippen LogP contribution in [0.4, 0.5) is 0 Å². The summed E-state index contributed by atoms with van der Waals surface area (Å²) in [5.74, 6) is 0. The second-order valence-electron chi connectivity index (χ2n) is 7.50. The second kappa shape index (κ2) is 10.6. The van der Waals surface area contributed by atoms with Crippen LogP contribution in [0.25, 0.3) is 0 Å². The minimum absolute atomic E-state index is 0.0873. The summed E-state index contributed by atoms with van der Waals surface area (Å²) in [5, 5.41) is 0.262. The lowest BCUT2D eigenvalue weighted by Crippen LogP contribution is -2.69. The molecule has 0 saturated carbocycles. The minimum Gasteiger partial charge on any atom is -0.419 e. The fraction of sp³-hybridized carbons (Fsp3) is 1.00. The molecule has 0 aliphatic heterocycles. The van der Waals surface area contributed by atoms with Crippen molar-refractivity contribution in [2.75, 3.05) is 49.8 Å². The number of hydrogen-bond donors (Lipinski definition) is 0. The molecule has 0 aromatic carbocycles. The van der Waals surface area contributed by atoms with Gasteiger partial charge in [-0.15, -0.1) is 0 Å². The van der Waals surface area contributed by atoms with E-state index in [1.54, 1.807) is 49.8 Å². The Labute approximate surface area is 170 Å². The Hall–Kier alpha value is 0.588. The van der Waals surface area contributed by atoms with E-state index in [9.17, 15) is 0 Å². The first-order valence-electron chi connectivity index (χ1n) is 9.25. The first-order chi connectivity index (χ1) is 12.4. The Morgan fingerprint density at radius 1 is 0.407 bits per heavy atom. The molecule has 0 spiro atoms. The summed E-state index contributed by atoms with van der Waals surface area (Å²) in [4.78, 5) is 0. The summed E-state index contributed by atoms with van der Waals surface area (Å²) in [6.07, 6.45) is 0. The fourth-order valence-electron chi connectivity index (χ4n) is 4.20. The van der Waals surface area contributed by atoms with Crippen LogP contribution in [0, 0.1) is 0 Å². The van der Waals surface area contributed by atoms with E-state index in [4.69, 9.17) is 31.0 Å². The van der Waals surface area contributed by atoms with Gasteiger partial charge in [-0.3, -0.25) is 0 Å². The molecule has 3 atom stereocenters. The van der Waals surface area contributed by atoms with E-state index in [0.29, 0.717) is 0 Å². The molecule has 0 aliphatic rings. The van der Waals surface area contributed by atoms with Gasteiger partial charge in [0, 0.05) is 65.3 Å². The third kappa shape index (κ3) is 4.85. The Bertz CT molecular complexity index is 383. The van der Waals surface area contributed by atoms with Crippen molar-refractivity contribution in [3.05, 3.63) is 0 Å². The van der Waals surface area contributed by atoms with Crippen molar-refractivity contribution < 1.29 is 31.0 Å². The molecule has 0 rings (SSSR count). The van der Waals surface area contributed by atoms with E-state index in [1.165, 1.54) is 0 Å². The Balaban J connectivity index is 6.78. The van der Waals surface area contributed by atoms with E-state index < -0.39 is 34.0 Å². The maximum atomic E-state index is 6.54. The summed E-state index contributed by atoms with van der Waals surface area (Å²) in [6, 6.07) is 0. The predicted molar refractivity (Wildman–Crippen MR) is 118 cm³/mol. The first kappa shape index (κ1) is 27.6. The van der Waals surface area contributed by atoms with Gasteiger partial charge in [0.05, 0.1) is 0 Å². The van der Waals surface area contributed by atoms with E-state index in [2.05, 4.69) is 40.4 Å². The summed E-state index contributed by atoms with van der Waals surface area (Å²) < 4.78 is 42.3. The van der Waals surface area contributed by atoms with Crippen LogP contribution >= 0.6 is 0 Å². The molecule has 0 radical (unpaired) electrons. The quantitative estimate of drug-likeness (QED) is 0.392. The van der Waals surface area contributed by atoms with Gasteiger partial charge >= 0.3 is 25.7 Å². The predicted octanol–water partition coefficient (Wildman–Crippen LogP) is 3.46. The Kier molecular flexibility index (Phi) is 10.8. The minimum atomic E-state index is -2.68. The SMILES string of the molecule is CO[Si](C)(OC)C(C)[Si](OC)(C(C)[Si](C)(OC)OC)C(C)[Si](C)(OC)OC. The van der Waals surface area contributed by atoms with Crippen molar-refractivity contribution in [3.63, 3.8) is 0 Å². The zero-order valence-corrected chi connectivity index (χ0v) is 23.6. The topological polar surface area (TPSA) is 64.6 Å². The van der Waals surface area contributed by atoms with Gasteiger partial charge in [-0.2, -0.15) is 0 Å². The molecule has 0 aromatic heterocycles. The highest BCUT2D eigenvalue weighted by Crippen LogP contribution is 2.53. The van der Waals surface area contributed by atoms with Crippen LogP contribution in [0.15, 0.2) is 0 Å². The molecule has 27 heavy (non-hydrogen) atoms. The van der Waals surface area contributed by atoms with Crippen LogP contribution in [0.2, 0.25) is 35.1 Å². The van der Waals surface area contributed by atoms with Crippen LogP contribution in [0.5, 0.6) is 0 Å². The summed E-state index contributed by atoms with van der Waals surface area (Å²) in [5.41, 5.74) is 0. The van der Waals surface area contributed by atoms with Gasteiger partial charge in [0.2, 0.25) is 8.32 Å². The van der Waals surface area contributed by atoms with E-state index in [-0.39, 0.29) is 15.5 Å². The van der Waals surface area contributed by atoms with Crippen molar-refractivity contribution in [1.82, 2.24) is 0 Å². The molecular formula is C16H42O7Si4. The molecule has 0 aromatic rings. The maximum Gasteiger partial charge on any atom is 0.336 e. The van der Waals surface area contributed by atoms with Gasteiger partial charge in [-0.1, -0.05) is 20.8 Å². The lowest BCUT2D eigenvalue weighted by atomic mass is 10.9. The normalized spacial score (nSPS) is 19.4. The highest BCUT2D eigenvalue weighted by Gasteiger charge is 2.67. The van der Waals surface area contributed by atoms with Crippen molar-refractivity contribution >= 4 is 34.0 Å². The van der Waals surface area contributed by atoms with Crippen LogP contribution in [0.1, 0.15) is 20.8 Å². The van der Waals surface area contributed by atoms with E-state index in [1.807, 2.05) is 0 Å². The number of hydrogen-bond acceptors (Lipinski definition) is 7. The lowest BCUT2D eigenvalue weighted by Gasteiger charge is -2.53. The van der Waals surface area contributed by atoms with Crippen LogP contribution in [0.3, 0.4) is 0 Å². The zero-order chi connectivity index (χ0) is 21.7. The van der Waals surface area contributed by atoms with Crippen LogP contribution in [-0.4, -0.2) is 83.8 Å². The van der Waals surface area contributed by atoms with E-state index >= 15 is 0 Å². The van der Waals surface area contributed by atoms with Gasteiger partial charge in [0.25, 0.3) is 0 Å². The monoisotopic (exact) mass is 458 g/mol. The van der Waals surface area contributed by atoms with Crippen molar-refractivity contribution in [2.45, 2.75) is 55.9 Å². The maximum absolute atomic E-state index is 6.54. The molecule has 0 fully saturated rings. The standard InChI is InChI=1S/C16H42O7Si4/c1-14(24(11,17-4)18-5)27(23-10,15(2)25(12,19-6)20-7)16(3)26(13,21-8)22-9/h14-16H,1-13H3. The highest BCUT2D eigenvalue weighted by atomic mass is 28.5. The summed E-state index contributed by atoms with van der Waals surface area (Å²) in [6.45, 7) is 12.9. The molecule has 0 aliphatic carbocycles. The third-order valence-electron chi connectivity index (χ3n) is 7.18. The molecule has 11 heteroatoms. The fourth-order valence-corrected chi connectivity index (χ4v) is 29.1. The Morgan fingerprint density at radius 3 is 0.704 bits per heavy atom. The smallest absolute Gasteiger partial charge is 0.336 e. The first-order valence-corrected chi connectivity index (χ1v) is 18.6. The molecule has 0 N–H and O–H groups in total. The van der Waals surface area contributed by atoms with Crippen LogP contribution in [-0.2, 0) is 31.0 Å². The molecule has 0 saturated heterocycles. The molecule has 0 bridgehead atoms. The molecule has 7 nitrogen and oxygen atoms in total. The number of rotatable bonds is 13. The third-order valence-corrected chi connectivity index (χ3v) is 30.3. The van der Waals surface area contributed by atoms with Crippen molar-refractivity contribution in [3.8, 4) is 0 Å². The Morgan fingerprint density at radius 2 is 0.593 bits per heavy atom. The summed E-state index contributed by atoms with van der Waals surface area (Å²) in [7, 11) is 1.88. The molecule has 164 valence electrons. The van der Waals surface area contributed by atoms with Gasteiger partial charge in [-0.25, -0.2) is 0 Å². The average Bonchev–Trinajstić information content (AvgIpc) is 2.72. The van der Waals surface area contributed by atoms with Gasteiger partial charge in [0.1, 0.15) is 0 Å². The van der Waals surface area contributed by atoms with Crippen molar-refractivity contribution in [1.29, 1.82) is 0 Å². The van der Waals surface area contributed by atoms with Crippen LogP contribution < -0.4 is 0 Å². The second-order valence-corrected chi connectivity index (χ2v) is 25.1. The van der Waals surface area contributed by atoms with E-state index in [0.717, 1.165) is 0 Å². The molecule has 0 heterocycles. The highest BCUT2D eigenvalue weighted by molar-refractivity contribution is 7.05. The lowest BCUT2D eigenvalue weighted by molar-refractivity contribution is 0.223. The average molecular weight is 459 g/mol. The van der Waals surface area contributed by atoms with Gasteiger partial charge in [-0.05, 0) is 19.6 Å². The van der Waals surface area contributed by atoms with Gasteiger partial charge in [0.15, 0.2) is 0 Å². The zero-order valence-electron chi connectivity index (χ0n) is 19.6. The summed E-state index contributed by atoms with van der Waals surface area (Å²) >= 11 is 0. The van der Waals surface area contributed by atoms with Gasteiger partial charge < -0.3 is 31.0 Å². The van der Waals surface area contributed by atoms with Crippen molar-refractivity contribution in [2.24, 2.45) is 0 Å². The largest absolute Gasteiger partial charge is 0.419 e.